The highest BCUT2D eigenvalue weighted by Gasteiger charge is 2.43. The maximum atomic E-state index is 14.5. The number of nitrogens with one attached hydrogen (secondary N) is 2. The van der Waals surface area contributed by atoms with Crippen LogP contribution in [0, 0.1) is 11.6 Å². The highest BCUT2D eigenvalue weighted by Crippen LogP contribution is 2.38. The van der Waals surface area contributed by atoms with Crippen molar-refractivity contribution in [2.45, 2.75) is 57.7 Å². The lowest BCUT2D eigenvalue weighted by Gasteiger charge is -2.53. The van der Waals surface area contributed by atoms with Crippen molar-refractivity contribution in [3.63, 3.8) is 0 Å². The minimum absolute atomic E-state index is 0.0401. The summed E-state index contributed by atoms with van der Waals surface area (Å²) < 4.78 is 33.8. The average Bonchev–Trinajstić information content (AvgIpc) is 3.24. The van der Waals surface area contributed by atoms with Crippen molar-refractivity contribution in [1.29, 1.82) is 0 Å². The number of hydrogen-bond donors (Lipinski definition) is 2. The lowest BCUT2D eigenvalue weighted by Crippen LogP contribution is -2.61. The second-order valence-corrected chi connectivity index (χ2v) is 9.66. The fourth-order valence-electron chi connectivity index (χ4n) is 4.57. The largest absolute Gasteiger partial charge is 0.472 e. The fraction of sp³-hybridized carbons (Fsp3) is 0.417. The van der Waals surface area contributed by atoms with Crippen molar-refractivity contribution in [2.24, 2.45) is 0 Å². The van der Waals surface area contributed by atoms with Crippen molar-refractivity contribution < 1.29 is 13.2 Å². The van der Waals surface area contributed by atoms with E-state index in [2.05, 4.69) is 60.2 Å². The average molecular weight is 442 g/mol. The molecule has 0 aliphatic carbocycles. The van der Waals surface area contributed by atoms with Gasteiger partial charge in [0.2, 0.25) is 5.95 Å². The molecule has 32 heavy (non-hydrogen) atoms. The number of piperidine rings is 1. The zero-order valence-corrected chi connectivity index (χ0v) is 19.0. The van der Waals surface area contributed by atoms with Crippen LogP contribution in [0.5, 0.6) is 0 Å². The molecule has 0 radical (unpaired) electrons. The van der Waals surface area contributed by atoms with E-state index in [1.165, 1.54) is 18.6 Å². The van der Waals surface area contributed by atoms with Crippen LogP contribution in [-0.2, 0) is 0 Å². The zero-order valence-electron chi connectivity index (χ0n) is 19.0. The number of halogens is 2. The monoisotopic (exact) mass is 441 g/mol. The molecule has 2 N–H and O–H groups in total. The number of aromatic nitrogens is 2. The van der Waals surface area contributed by atoms with Crippen LogP contribution >= 0.6 is 0 Å². The van der Waals surface area contributed by atoms with E-state index in [0.29, 0.717) is 16.8 Å². The molecule has 1 fully saturated rings. The molecule has 3 heterocycles. The Morgan fingerprint density at radius 3 is 2.44 bits per heavy atom. The third-order valence-electron chi connectivity index (χ3n) is 6.45. The SMILES string of the molecule is CN1C(C)(C)CC(Nc2nc(Nc3ccc(F)c(-c4ccoc4)c3)ncc2F)CC1(C)C. The molecule has 8 heteroatoms. The van der Waals surface area contributed by atoms with Gasteiger partial charge in [0.25, 0.3) is 0 Å². The van der Waals surface area contributed by atoms with Gasteiger partial charge in [-0.15, -0.1) is 0 Å². The number of anilines is 3. The van der Waals surface area contributed by atoms with Crippen LogP contribution in [0.1, 0.15) is 40.5 Å². The summed E-state index contributed by atoms with van der Waals surface area (Å²) >= 11 is 0. The Kier molecular flexibility index (Phi) is 5.67. The van der Waals surface area contributed by atoms with Gasteiger partial charge in [-0.2, -0.15) is 4.98 Å². The van der Waals surface area contributed by atoms with Gasteiger partial charge in [0, 0.05) is 33.9 Å². The first kappa shape index (κ1) is 22.2. The number of furan rings is 1. The Morgan fingerprint density at radius 1 is 1.06 bits per heavy atom. The first-order valence-corrected chi connectivity index (χ1v) is 10.7. The third kappa shape index (κ3) is 4.46. The molecule has 1 aromatic carbocycles. The van der Waals surface area contributed by atoms with E-state index in [4.69, 9.17) is 4.42 Å². The topological polar surface area (TPSA) is 66.2 Å². The molecule has 1 aliphatic rings. The lowest BCUT2D eigenvalue weighted by atomic mass is 9.77. The number of hydrogen-bond acceptors (Lipinski definition) is 6. The van der Waals surface area contributed by atoms with E-state index in [1.54, 1.807) is 18.2 Å². The first-order chi connectivity index (χ1) is 15.0. The Hall–Kier alpha value is -3.00. The predicted molar refractivity (Wildman–Crippen MR) is 122 cm³/mol. The van der Waals surface area contributed by atoms with E-state index in [9.17, 15) is 8.78 Å². The summed E-state index contributed by atoms with van der Waals surface area (Å²) in [5.41, 5.74) is 1.52. The van der Waals surface area contributed by atoms with E-state index in [-0.39, 0.29) is 34.7 Å². The zero-order chi connectivity index (χ0) is 23.1. The first-order valence-electron chi connectivity index (χ1n) is 10.7. The number of nitrogens with zero attached hydrogens (tertiary/aromatic N) is 3. The van der Waals surface area contributed by atoms with Crippen LogP contribution in [0.4, 0.5) is 26.2 Å². The molecule has 0 saturated carbocycles. The molecule has 0 unspecified atom stereocenters. The third-order valence-corrected chi connectivity index (χ3v) is 6.45. The summed E-state index contributed by atoms with van der Waals surface area (Å²) in [5, 5.41) is 6.33. The van der Waals surface area contributed by atoms with Crippen molar-refractivity contribution in [1.82, 2.24) is 14.9 Å². The summed E-state index contributed by atoms with van der Waals surface area (Å²) in [6.45, 7) is 8.77. The molecule has 1 aliphatic heterocycles. The molecule has 0 spiro atoms. The van der Waals surface area contributed by atoms with Crippen molar-refractivity contribution in [3.8, 4) is 11.1 Å². The van der Waals surface area contributed by atoms with Gasteiger partial charge in [0.15, 0.2) is 11.6 Å². The van der Waals surface area contributed by atoms with Crippen LogP contribution in [0.25, 0.3) is 11.1 Å². The second-order valence-electron chi connectivity index (χ2n) is 9.66. The van der Waals surface area contributed by atoms with E-state index < -0.39 is 5.82 Å². The van der Waals surface area contributed by atoms with Crippen LogP contribution in [0.15, 0.2) is 47.4 Å². The lowest BCUT2D eigenvalue weighted by molar-refractivity contribution is -0.00778. The van der Waals surface area contributed by atoms with E-state index >= 15 is 0 Å². The van der Waals surface area contributed by atoms with Crippen LogP contribution in [0.2, 0.25) is 0 Å². The van der Waals surface area contributed by atoms with Gasteiger partial charge < -0.3 is 15.1 Å². The predicted octanol–water partition coefficient (Wildman–Crippen LogP) is 5.82. The highest BCUT2D eigenvalue weighted by atomic mass is 19.1. The molecule has 170 valence electrons. The molecule has 0 bridgehead atoms. The normalized spacial score (nSPS) is 18.5. The van der Waals surface area contributed by atoms with Crippen LogP contribution in [-0.4, -0.2) is 39.0 Å². The van der Waals surface area contributed by atoms with Gasteiger partial charge in [0.05, 0.1) is 18.7 Å². The Balaban J connectivity index is 1.55. The highest BCUT2D eigenvalue weighted by molar-refractivity contribution is 5.69. The number of likely N-dealkylation sites (tertiary alicyclic amines) is 1. The molecule has 2 aromatic heterocycles. The molecular formula is C24H29F2N5O. The summed E-state index contributed by atoms with van der Waals surface area (Å²) in [6.07, 6.45) is 5.81. The van der Waals surface area contributed by atoms with Gasteiger partial charge in [-0.25, -0.2) is 13.8 Å². The fourth-order valence-corrected chi connectivity index (χ4v) is 4.57. The minimum Gasteiger partial charge on any atom is -0.472 e. The number of benzene rings is 1. The molecule has 0 atom stereocenters. The van der Waals surface area contributed by atoms with Crippen LogP contribution in [0.3, 0.4) is 0 Å². The molecule has 3 aromatic rings. The molecule has 6 nitrogen and oxygen atoms in total. The number of rotatable bonds is 5. The van der Waals surface area contributed by atoms with Crippen molar-refractivity contribution in [2.75, 3.05) is 17.7 Å². The van der Waals surface area contributed by atoms with E-state index in [0.717, 1.165) is 19.0 Å². The smallest absolute Gasteiger partial charge is 0.229 e. The molecule has 0 amide bonds. The summed E-state index contributed by atoms with van der Waals surface area (Å²) in [4.78, 5) is 10.8. The summed E-state index contributed by atoms with van der Waals surface area (Å²) in [7, 11) is 2.13. The maximum Gasteiger partial charge on any atom is 0.229 e. The Bertz CT molecular complexity index is 1080. The Labute approximate surface area is 187 Å². The van der Waals surface area contributed by atoms with Gasteiger partial charge >= 0.3 is 0 Å². The Morgan fingerprint density at radius 2 is 1.78 bits per heavy atom. The quantitative estimate of drug-likeness (QED) is 0.520. The van der Waals surface area contributed by atoms with Gasteiger partial charge in [-0.3, -0.25) is 4.90 Å². The maximum absolute atomic E-state index is 14.5. The summed E-state index contributed by atoms with van der Waals surface area (Å²) in [6, 6.07) is 6.33. The van der Waals surface area contributed by atoms with Gasteiger partial charge in [0.1, 0.15) is 5.82 Å². The van der Waals surface area contributed by atoms with E-state index in [1.807, 2.05) is 0 Å². The van der Waals surface area contributed by atoms with Crippen LogP contribution < -0.4 is 10.6 Å². The second kappa shape index (κ2) is 8.16. The minimum atomic E-state index is -0.511. The summed E-state index contributed by atoms with van der Waals surface area (Å²) in [5.74, 6) is -0.499. The standard InChI is InChI=1S/C24H29F2N5O/c1-23(2)11-17(12-24(3,4)31(23)5)28-21-20(26)13-27-22(30-21)29-16-6-7-19(25)18(10-16)15-8-9-32-14-15/h6-10,13-14,17H,11-12H2,1-5H3,(H2,27,28,29,30). The van der Waals surface area contributed by atoms with Crippen molar-refractivity contribution >= 4 is 17.5 Å². The van der Waals surface area contributed by atoms with Gasteiger partial charge in [-0.05, 0) is 71.8 Å². The molecule has 4 rings (SSSR count). The molecule has 1 saturated heterocycles. The molecular weight excluding hydrogens is 412 g/mol. The van der Waals surface area contributed by atoms with Gasteiger partial charge in [-0.1, -0.05) is 0 Å². The van der Waals surface area contributed by atoms with Crippen molar-refractivity contribution in [3.05, 3.63) is 54.6 Å².